The molecule has 104 valence electrons. The summed E-state index contributed by atoms with van der Waals surface area (Å²) in [5, 5.41) is 0.635. The first-order valence-corrected chi connectivity index (χ1v) is 7.02. The number of amides is 1. The SMILES string of the molecule is CN(C)C1CCCN(C(=O)c2nc(Cl)ccc2Cl)C1. The second kappa shape index (κ2) is 6.07. The monoisotopic (exact) mass is 301 g/mol. The van der Waals surface area contributed by atoms with Crippen LogP contribution in [0.4, 0.5) is 0 Å². The Morgan fingerprint density at radius 1 is 1.42 bits per heavy atom. The van der Waals surface area contributed by atoms with Crippen LogP contribution in [-0.2, 0) is 0 Å². The van der Waals surface area contributed by atoms with Crippen LogP contribution in [0.3, 0.4) is 0 Å². The largest absolute Gasteiger partial charge is 0.336 e. The van der Waals surface area contributed by atoms with E-state index in [0.717, 1.165) is 19.4 Å². The van der Waals surface area contributed by atoms with Gasteiger partial charge in [0.25, 0.3) is 5.91 Å². The summed E-state index contributed by atoms with van der Waals surface area (Å²) >= 11 is 11.9. The Labute approximate surface area is 123 Å². The van der Waals surface area contributed by atoms with Crippen molar-refractivity contribution in [2.24, 2.45) is 0 Å². The maximum absolute atomic E-state index is 12.4. The van der Waals surface area contributed by atoms with Crippen LogP contribution >= 0.6 is 23.2 Å². The number of pyridine rings is 1. The standard InChI is InChI=1S/C13H17Cl2N3O/c1-17(2)9-4-3-7-18(8-9)13(19)12-10(14)5-6-11(15)16-12/h5-6,9H,3-4,7-8H2,1-2H3. The van der Waals surface area contributed by atoms with Crippen molar-refractivity contribution < 1.29 is 4.79 Å². The average Bonchev–Trinajstić information content (AvgIpc) is 2.41. The molecule has 0 aliphatic carbocycles. The maximum Gasteiger partial charge on any atom is 0.274 e. The molecular formula is C13H17Cl2N3O. The molecule has 2 heterocycles. The van der Waals surface area contributed by atoms with Crippen LogP contribution in [0.1, 0.15) is 23.3 Å². The van der Waals surface area contributed by atoms with Gasteiger partial charge in [0.2, 0.25) is 0 Å². The predicted octanol–water partition coefficient (Wildman–Crippen LogP) is 2.55. The number of carbonyl (C=O) groups is 1. The van der Waals surface area contributed by atoms with Crippen LogP contribution in [0, 0.1) is 0 Å². The first kappa shape index (κ1) is 14.6. The number of aromatic nitrogens is 1. The van der Waals surface area contributed by atoms with Gasteiger partial charge in [0.15, 0.2) is 0 Å². The van der Waals surface area contributed by atoms with Crippen molar-refractivity contribution >= 4 is 29.1 Å². The number of halogens is 2. The molecule has 1 saturated heterocycles. The molecule has 4 nitrogen and oxygen atoms in total. The van der Waals surface area contributed by atoms with Crippen LogP contribution in [0.5, 0.6) is 0 Å². The van der Waals surface area contributed by atoms with Crippen molar-refractivity contribution in [1.82, 2.24) is 14.8 Å². The van der Waals surface area contributed by atoms with Gasteiger partial charge in [-0.2, -0.15) is 0 Å². The minimum absolute atomic E-state index is 0.140. The normalized spacial score (nSPS) is 19.8. The van der Waals surface area contributed by atoms with Gasteiger partial charge in [-0.15, -0.1) is 0 Å². The molecule has 0 N–H and O–H groups in total. The Hall–Kier alpha value is -0.840. The number of carbonyl (C=O) groups excluding carboxylic acids is 1. The first-order valence-electron chi connectivity index (χ1n) is 6.27. The third kappa shape index (κ3) is 3.38. The number of piperidine rings is 1. The van der Waals surface area contributed by atoms with Crippen LogP contribution in [0.2, 0.25) is 10.2 Å². The Bertz CT molecular complexity index is 479. The van der Waals surface area contributed by atoms with Crippen molar-refractivity contribution in [3.05, 3.63) is 28.0 Å². The maximum atomic E-state index is 12.4. The molecule has 0 bridgehead atoms. The second-order valence-electron chi connectivity index (χ2n) is 4.98. The molecule has 1 aromatic rings. The van der Waals surface area contributed by atoms with E-state index < -0.39 is 0 Å². The molecule has 1 aliphatic rings. The molecule has 1 unspecified atom stereocenters. The molecule has 1 atom stereocenters. The van der Waals surface area contributed by atoms with Crippen LogP contribution < -0.4 is 0 Å². The van der Waals surface area contributed by atoms with Gasteiger partial charge in [-0.25, -0.2) is 4.98 Å². The Balaban J connectivity index is 2.17. The zero-order valence-corrected chi connectivity index (χ0v) is 12.6. The molecule has 0 spiro atoms. The van der Waals surface area contributed by atoms with Gasteiger partial charge in [0.05, 0.1) is 5.02 Å². The number of likely N-dealkylation sites (tertiary alicyclic amines) is 1. The van der Waals surface area contributed by atoms with Gasteiger partial charge >= 0.3 is 0 Å². The topological polar surface area (TPSA) is 36.4 Å². The zero-order valence-electron chi connectivity index (χ0n) is 11.1. The van der Waals surface area contributed by atoms with E-state index in [-0.39, 0.29) is 16.8 Å². The van der Waals surface area contributed by atoms with Gasteiger partial charge < -0.3 is 9.80 Å². The molecular weight excluding hydrogens is 285 g/mol. The highest BCUT2D eigenvalue weighted by molar-refractivity contribution is 6.34. The van der Waals surface area contributed by atoms with Crippen molar-refractivity contribution in [3.8, 4) is 0 Å². The average molecular weight is 302 g/mol. The molecule has 0 radical (unpaired) electrons. The van der Waals surface area contributed by atoms with Crippen molar-refractivity contribution in [1.29, 1.82) is 0 Å². The first-order chi connectivity index (χ1) is 8.99. The van der Waals surface area contributed by atoms with E-state index in [2.05, 4.69) is 9.88 Å². The summed E-state index contributed by atoms with van der Waals surface area (Å²) in [4.78, 5) is 20.4. The summed E-state index contributed by atoms with van der Waals surface area (Å²) in [6.45, 7) is 1.45. The minimum atomic E-state index is -0.140. The Morgan fingerprint density at radius 3 is 2.84 bits per heavy atom. The smallest absolute Gasteiger partial charge is 0.274 e. The number of hydrogen-bond acceptors (Lipinski definition) is 3. The Kier molecular flexibility index (Phi) is 4.66. The van der Waals surface area contributed by atoms with E-state index in [9.17, 15) is 4.79 Å². The van der Waals surface area contributed by atoms with E-state index >= 15 is 0 Å². The number of rotatable bonds is 2. The molecule has 1 aromatic heterocycles. The molecule has 0 aromatic carbocycles. The fourth-order valence-electron chi connectivity index (χ4n) is 2.28. The lowest BCUT2D eigenvalue weighted by Gasteiger charge is -2.36. The summed E-state index contributed by atoms with van der Waals surface area (Å²) in [7, 11) is 4.06. The van der Waals surface area contributed by atoms with Gasteiger partial charge in [-0.1, -0.05) is 23.2 Å². The highest BCUT2D eigenvalue weighted by Crippen LogP contribution is 2.21. The minimum Gasteiger partial charge on any atom is -0.336 e. The lowest BCUT2D eigenvalue weighted by Crippen LogP contribution is -2.47. The fourth-order valence-corrected chi connectivity index (χ4v) is 2.61. The predicted molar refractivity (Wildman–Crippen MR) is 76.9 cm³/mol. The van der Waals surface area contributed by atoms with Crippen molar-refractivity contribution in [2.75, 3.05) is 27.2 Å². The van der Waals surface area contributed by atoms with Gasteiger partial charge in [-0.05, 0) is 39.1 Å². The van der Waals surface area contributed by atoms with Crippen LogP contribution in [0.25, 0.3) is 0 Å². The molecule has 19 heavy (non-hydrogen) atoms. The molecule has 2 rings (SSSR count). The van der Waals surface area contributed by atoms with Gasteiger partial charge in [0.1, 0.15) is 10.8 Å². The molecule has 1 fully saturated rings. The number of nitrogens with zero attached hydrogens (tertiary/aromatic N) is 3. The molecule has 1 amide bonds. The molecule has 1 aliphatic heterocycles. The lowest BCUT2D eigenvalue weighted by atomic mass is 10.0. The van der Waals surface area contributed by atoms with E-state index in [0.29, 0.717) is 17.6 Å². The quantitative estimate of drug-likeness (QED) is 0.788. The van der Waals surface area contributed by atoms with E-state index in [4.69, 9.17) is 23.2 Å². The third-order valence-electron chi connectivity index (χ3n) is 3.43. The fraction of sp³-hybridized carbons (Fsp3) is 0.538. The van der Waals surface area contributed by atoms with Crippen LogP contribution in [-0.4, -0.2) is 53.9 Å². The molecule has 0 saturated carbocycles. The van der Waals surface area contributed by atoms with E-state index in [1.807, 2.05) is 14.1 Å². The third-order valence-corrected chi connectivity index (χ3v) is 3.94. The Morgan fingerprint density at radius 2 is 2.16 bits per heavy atom. The number of hydrogen-bond donors (Lipinski definition) is 0. The van der Waals surface area contributed by atoms with Crippen molar-refractivity contribution in [3.63, 3.8) is 0 Å². The summed E-state index contributed by atoms with van der Waals surface area (Å²) in [6, 6.07) is 3.58. The van der Waals surface area contributed by atoms with Gasteiger partial charge in [0, 0.05) is 19.1 Å². The van der Waals surface area contributed by atoms with Crippen LogP contribution in [0.15, 0.2) is 12.1 Å². The summed E-state index contributed by atoms with van der Waals surface area (Å²) in [5.41, 5.74) is 0.244. The summed E-state index contributed by atoms with van der Waals surface area (Å²) in [5.74, 6) is -0.140. The zero-order chi connectivity index (χ0) is 14.0. The summed E-state index contributed by atoms with van der Waals surface area (Å²) < 4.78 is 0. The number of likely N-dealkylation sites (N-methyl/N-ethyl adjacent to an activating group) is 1. The van der Waals surface area contributed by atoms with E-state index in [1.165, 1.54) is 0 Å². The van der Waals surface area contributed by atoms with Gasteiger partial charge in [-0.3, -0.25) is 4.79 Å². The summed E-state index contributed by atoms with van der Waals surface area (Å²) in [6.07, 6.45) is 2.10. The highest BCUT2D eigenvalue weighted by atomic mass is 35.5. The highest BCUT2D eigenvalue weighted by Gasteiger charge is 2.27. The lowest BCUT2D eigenvalue weighted by molar-refractivity contribution is 0.0629. The van der Waals surface area contributed by atoms with E-state index in [1.54, 1.807) is 17.0 Å². The van der Waals surface area contributed by atoms with Crippen molar-refractivity contribution in [2.45, 2.75) is 18.9 Å². The molecule has 6 heteroatoms. The second-order valence-corrected chi connectivity index (χ2v) is 5.77.